The first-order valence-electron chi connectivity index (χ1n) is 6.79. The SMILES string of the molecule is CC(NC(c1ccc(F)cc1)C1CC1)c1ccco1. The molecule has 0 aliphatic heterocycles. The number of nitrogens with one attached hydrogen (secondary N) is 1. The zero-order valence-electron chi connectivity index (χ0n) is 11.0. The Kier molecular flexibility index (Phi) is 3.38. The van der Waals surface area contributed by atoms with E-state index in [4.69, 9.17) is 4.42 Å². The molecule has 1 saturated carbocycles. The molecule has 2 atom stereocenters. The van der Waals surface area contributed by atoms with E-state index in [1.807, 2.05) is 24.3 Å². The van der Waals surface area contributed by atoms with Crippen LogP contribution in [-0.2, 0) is 0 Å². The molecule has 100 valence electrons. The van der Waals surface area contributed by atoms with Gasteiger partial charge < -0.3 is 9.73 Å². The van der Waals surface area contributed by atoms with Crippen LogP contribution < -0.4 is 5.32 Å². The fraction of sp³-hybridized carbons (Fsp3) is 0.375. The van der Waals surface area contributed by atoms with Crippen LogP contribution in [0.3, 0.4) is 0 Å². The van der Waals surface area contributed by atoms with Gasteiger partial charge in [-0.25, -0.2) is 4.39 Å². The zero-order valence-corrected chi connectivity index (χ0v) is 11.0. The first-order chi connectivity index (χ1) is 9.24. The van der Waals surface area contributed by atoms with E-state index in [0.29, 0.717) is 5.92 Å². The van der Waals surface area contributed by atoms with Crippen LogP contribution >= 0.6 is 0 Å². The number of halogens is 1. The van der Waals surface area contributed by atoms with Gasteiger partial charge in [-0.3, -0.25) is 0 Å². The van der Waals surface area contributed by atoms with Gasteiger partial charge in [0, 0.05) is 6.04 Å². The average molecular weight is 259 g/mol. The number of furan rings is 1. The van der Waals surface area contributed by atoms with Crippen molar-refractivity contribution in [1.29, 1.82) is 0 Å². The van der Waals surface area contributed by atoms with Gasteiger partial charge in [0.15, 0.2) is 0 Å². The standard InChI is InChI=1S/C16H18FNO/c1-11(15-3-2-10-19-15)18-16(12-4-5-12)13-6-8-14(17)9-7-13/h2-3,6-12,16,18H,4-5H2,1H3. The maximum atomic E-state index is 13.0. The molecule has 0 saturated heterocycles. The summed E-state index contributed by atoms with van der Waals surface area (Å²) in [5.74, 6) is 1.41. The second-order valence-electron chi connectivity index (χ2n) is 5.27. The van der Waals surface area contributed by atoms with Crippen molar-refractivity contribution < 1.29 is 8.81 Å². The first kappa shape index (κ1) is 12.4. The van der Waals surface area contributed by atoms with Crippen molar-refractivity contribution in [3.8, 4) is 0 Å². The monoisotopic (exact) mass is 259 g/mol. The van der Waals surface area contributed by atoms with E-state index in [2.05, 4.69) is 12.2 Å². The van der Waals surface area contributed by atoms with E-state index in [0.717, 1.165) is 11.3 Å². The summed E-state index contributed by atoms with van der Waals surface area (Å²) in [6.07, 6.45) is 4.16. The Labute approximate surface area is 112 Å². The number of benzene rings is 1. The van der Waals surface area contributed by atoms with Crippen LogP contribution in [0.1, 0.15) is 43.2 Å². The Morgan fingerprint density at radius 1 is 1.21 bits per heavy atom. The third kappa shape index (κ3) is 2.87. The largest absolute Gasteiger partial charge is 0.468 e. The van der Waals surface area contributed by atoms with Gasteiger partial charge in [-0.2, -0.15) is 0 Å². The molecule has 2 unspecified atom stereocenters. The predicted octanol–water partition coefficient (Wildman–Crippen LogP) is 4.22. The molecule has 1 aromatic carbocycles. The van der Waals surface area contributed by atoms with Crippen molar-refractivity contribution in [2.45, 2.75) is 31.8 Å². The Balaban J connectivity index is 1.76. The maximum Gasteiger partial charge on any atom is 0.123 e. The molecule has 1 aliphatic carbocycles. The highest BCUT2D eigenvalue weighted by molar-refractivity contribution is 5.22. The molecule has 0 radical (unpaired) electrons. The summed E-state index contributed by atoms with van der Waals surface area (Å²) in [5.41, 5.74) is 1.15. The Morgan fingerprint density at radius 2 is 1.95 bits per heavy atom. The van der Waals surface area contributed by atoms with Crippen molar-refractivity contribution in [1.82, 2.24) is 5.32 Å². The molecule has 1 aromatic heterocycles. The van der Waals surface area contributed by atoms with Crippen LogP contribution in [-0.4, -0.2) is 0 Å². The molecule has 2 aromatic rings. The molecule has 1 heterocycles. The summed E-state index contributed by atoms with van der Waals surface area (Å²) in [6, 6.07) is 11.1. The summed E-state index contributed by atoms with van der Waals surface area (Å²) in [6.45, 7) is 2.09. The number of hydrogen-bond acceptors (Lipinski definition) is 2. The minimum atomic E-state index is -0.183. The number of rotatable bonds is 5. The Bertz CT molecular complexity index is 516. The molecule has 0 amide bonds. The van der Waals surface area contributed by atoms with E-state index >= 15 is 0 Å². The lowest BCUT2D eigenvalue weighted by atomic mass is 10.0. The molecule has 1 aliphatic rings. The van der Waals surface area contributed by atoms with Gasteiger partial charge in [-0.05, 0) is 55.5 Å². The average Bonchev–Trinajstić information content (AvgIpc) is 3.10. The second kappa shape index (κ2) is 5.17. The third-order valence-corrected chi connectivity index (χ3v) is 3.72. The molecule has 19 heavy (non-hydrogen) atoms. The predicted molar refractivity (Wildman–Crippen MR) is 72.1 cm³/mol. The zero-order chi connectivity index (χ0) is 13.2. The van der Waals surface area contributed by atoms with Gasteiger partial charge in [0.25, 0.3) is 0 Å². The van der Waals surface area contributed by atoms with Crippen molar-refractivity contribution in [2.75, 3.05) is 0 Å². The highest BCUT2D eigenvalue weighted by Gasteiger charge is 2.33. The van der Waals surface area contributed by atoms with E-state index in [1.165, 1.54) is 25.0 Å². The lowest BCUT2D eigenvalue weighted by Crippen LogP contribution is -2.26. The first-order valence-corrected chi connectivity index (χ1v) is 6.79. The topological polar surface area (TPSA) is 25.2 Å². The van der Waals surface area contributed by atoms with Crippen LogP contribution in [0.15, 0.2) is 47.1 Å². The van der Waals surface area contributed by atoms with Gasteiger partial charge in [0.1, 0.15) is 11.6 Å². The fourth-order valence-electron chi connectivity index (χ4n) is 2.49. The van der Waals surface area contributed by atoms with Gasteiger partial charge in [0.05, 0.1) is 12.3 Å². The molecule has 2 nitrogen and oxygen atoms in total. The highest BCUT2D eigenvalue weighted by atomic mass is 19.1. The molecular weight excluding hydrogens is 241 g/mol. The molecular formula is C16H18FNO. The molecule has 0 spiro atoms. The third-order valence-electron chi connectivity index (χ3n) is 3.72. The van der Waals surface area contributed by atoms with Gasteiger partial charge in [-0.1, -0.05) is 12.1 Å². The van der Waals surface area contributed by atoms with Crippen molar-refractivity contribution >= 4 is 0 Å². The van der Waals surface area contributed by atoms with Crippen LogP contribution in [0.2, 0.25) is 0 Å². The normalized spacial score (nSPS) is 18.2. The van der Waals surface area contributed by atoms with Gasteiger partial charge in [-0.15, -0.1) is 0 Å². The van der Waals surface area contributed by atoms with Gasteiger partial charge >= 0.3 is 0 Å². The van der Waals surface area contributed by atoms with Crippen LogP contribution in [0.25, 0.3) is 0 Å². The Morgan fingerprint density at radius 3 is 2.53 bits per heavy atom. The smallest absolute Gasteiger partial charge is 0.123 e. The van der Waals surface area contributed by atoms with Gasteiger partial charge in [0.2, 0.25) is 0 Å². The molecule has 0 bridgehead atoms. The molecule has 3 rings (SSSR count). The molecule has 1 N–H and O–H groups in total. The second-order valence-corrected chi connectivity index (χ2v) is 5.27. The van der Waals surface area contributed by atoms with Crippen LogP contribution in [0.4, 0.5) is 4.39 Å². The molecule has 3 heteroatoms. The van der Waals surface area contributed by atoms with E-state index in [9.17, 15) is 4.39 Å². The summed E-state index contributed by atoms with van der Waals surface area (Å²) in [7, 11) is 0. The fourth-order valence-corrected chi connectivity index (χ4v) is 2.49. The van der Waals surface area contributed by atoms with Crippen molar-refractivity contribution in [2.24, 2.45) is 5.92 Å². The summed E-state index contributed by atoms with van der Waals surface area (Å²) < 4.78 is 18.4. The minimum absolute atomic E-state index is 0.158. The van der Waals surface area contributed by atoms with Crippen molar-refractivity contribution in [3.63, 3.8) is 0 Å². The van der Waals surface area contributed by atoms with Crippen molar-refractivity contribution in [3.05, 3.63) is 59.8 Å². The summed E-state index contributed by atoms with van der Waals surface area (Å²) >= 11 is 0. The Hall–Kier alpha value is -1.61. The number of hydrogen-bond donors (Lipinski definition) is 1. The van der Waals surface area contributed by atoms with E-state index < -0.39 is 0 Å². The lowest BCUT2D eigenvalue weighted by molar-refractivity contribution is 0.372. The highest BCUT2D eigenvalue weighted by Crippen LogP contribution is 2.42. The van der Waals surface area contributed by atoms with Crippen LogP contribution in [0.5, 0.6) is 0 Å². The lowest BCUT2D eigenvalue weighted by Gasteiger charge is -2.22. The van der Waals surface area contributed by atoms with E-state index in [-0.39, 0.29) is 17.9 Å². The quantitative estimate of drug-likeness (QED) is 0.869. The van der Waals surface area contributed by atoms with E-state index in [1.54, 1.807) is 6.26 Å². The summed E-state index contributed by atoms with van der Waals surface area (Å²) in [4.78, 5) is 0. The van der Waals surface area contributed by atoms with Crippen LogP contribution in [0, 0.1) is 11.7 Å². The summed E-state index contributed by atoms with van der Waals surface area (Å²) in [5, 5.41) is 3.60. The maximum absolute atomic E-state index is 13.0. The molecule has 1 fully saturated rings. The minimum Gasteiger partial charge on any atom is -0.468 e.